The van der Waals surface area contributed by atoms with E-state index in [1.807, 2.05) is 13.8 Å². The number of hydrogen-bond acceptors (Lipinski definition) is 7. The van der Waals surface area contributed by atoms with Gasteiger partial charge in [0.25, 0.3) is 5.56 Å². The Morgan fingerprint density at radius 1 is 1.18 bits per heavy atom. The van der Waals surface area contributed by atoms with E-state index in [0.717, 1.165) is 47.8 Å². The predicted molar refractivity (Wildman–Crippen MR) is 160 cm³/mol. The van der Waals surface area contributed by atoms with Crippen molar-refractivity contribution in [1.82, 2.24) is 14.9 Å². The molecule has 4 aliphatic rings. The number of amides is 1. The zero-order valence-corrected chi connectivity index (χ0v) is 25.6. The van der Waals surface area contributed by atoms with Crippen LogP contribution in [-0.2, 0) is 44.2 Å². The molecule has 7 rings (SSSR count). The van der Waals surface area contributed by atoms with Gasteiger partial charge in [-0.3, -0.25) is 9.59 Å². The van der Waals surface area contributed by atoms with Crippen molar-refractivity contribution >= 4 is 22.8 Å². The predicted octanol–water partition coefficient (Wildman–Crippen LogP) is 4.61. The molecule has 1 aromatic carbocycles. The number of aliphatic hydroxyl groups is 1. The van der Waals surface area contributed by atoms with E-state index < -0.39 is 11.6 Å². The summed E-state index contributed by atoms with van der Waals surface area (Å²) in [7, 11) is 0. The zero-order chi connectivity index (χ0) is 31.1. The molecule has 44 heavy (non-hydrogen) atoms. The number of nitrogens with one attached hydrogen (secondary N) is 1. The van der Waals surface area contributed by atoms with Gasteiger partial charge in [-0.05, 0) is 88.5 Å². The van der Waals surface area contributed by atoms with E-state index >= 15 is 4.39 Å². The first-order valence-corrected chi connectivity index (χ1v) is 15.8. The Morgan fingerprint density at radius 3 is 2.64 bits per heavy atom. The van der Waals surface area contributed by atoms with Crippen molar-refractivity contribution in [2.75, 3.05) is 0 Å². The van der Waals surface area contributed by atoms with Crippen molar-refractivity contribution in [3.8, 4) is 11.4 Å². The van der Waals surface area contributed by atoms with Crippen molar-refractivity contribution in [1.29, 1.82) is 0 Å². The fourth-order valence-electron chi connectivity index (χ4n) is 7.83. The second-order valence-corrected chi connectivity index (χ2v) is 13.1. The Kier molecular flexibility index (Phi) is 6.93. The lowest BCUT2D eigenvalue weighted by molar-refractivity contribution is -0.172. The number of hydrogen-bond donors (Lipinski definition) is 2. The molecule has 3 aromatic rings. The third kappa shape index (κ3) is 4.32. The standard InChI is InChI=1S/C34H38FN3O6/c1-5-34(42)23-12-27-30-21(14-38(27)32(40)22(23)15-43-33(34)41)29-25(11-10-20-17(4)24(35)13-26(36-30)28(20)29)37-31(39)18-6-8-19(9-7-18)44-16(2)3/h12-13,16,18-19,25,42H,5-11,14-15H2,1-4H3,(H,37,39)/t18?,19?,25-,34-/m0/s1. The summed E-state index contributed by atoms with van der Waals surface area (Å²) in [5.41, 5.74) is 2.73. The van der Waals surface area contributed by atoms with E-state index in [-0.39, 0.29) is 72.2 Å². The third-order valence-electron chi connectivity index (χ3n) is 10.2. The monoisotopic (exact) mass is 603 g/mol. The second-order valence-electron chi connectivity index (χ2n) is 13.1. The summed E-state index contributed by atoms with van der Waals surface area (Å²) in [6.07, 6.45) is 4.77. The maximum Gasteiger partial charge on any atom is 0.343 e. The molecule has 10 heteroatoms. The zero-order valence-electron chi connectivity index (χ0n) is 25.6. The van der Waals surface area contributed by atoms with Crippen LogP contribution in [-0.4, -0.2) is 38.7 Å². The van der Waals surface area contributed by atoms with E-state index in [1.165, 1.54) is 6.07 Å². The lowest BCUT2D eigenvalue weighted by Gasteiger charge is -2.33. The van der Waals surface area contributed by atoms with E-state index in [0.29, 0.717) is 35.3 Å². The van der Waals surface area contributed by atoms with Gasteiger partial charge in [0.05, 0.1) is 47.3 Å². The van der Waals surface area contributed by atoms with Crippen LogP contribution in [0.3, 0.4) is 0 Å². The minimum atomic E-state index is -1.94. The highest BCUT2D eigenvalue weighted by atomic mass is 19.1. The van der Waals surface area contributed by atoms with Crippen molar-refractivity contribution < 1.29 is 28.6 Å². The van der Waals surface area contributed by atoms with Crippen LogP contribution in [0.25, 0.3) is 22.3 Å². The van der Waals surface area contributed by atoms with Gasteiger partial charge in [-0.15, -0.1) is 0 Å². The number of carbonyl (C=O) groups is 2. The van der Waals surface area contributed by atoms with Gasteiger partial charge in [-0.25, -0.2) is 14.2 Å². The number of fused-ring (bicyclic) bond motifs is 5. The summed E-state index contributed by atoms with van der Waals surface area (Å²) in [6, 6.07) is 2.76. The van der Waals surface area contributed by atoms with Gasteiger partial charge in [0.1, 0.15) is 12.4 Å². The topological polar surface area (TPSA) is 120 Å². The van der Waals surface area contributed by atoms with Crippen LogP contribution in [0.2, 0.25) is 0 Å². The molecule has 2 N–H and O–H groups in total. The summed E-state index contributed by atoms with van der Waals surface area (Å²) in [4.78, 5) is 45.0. The third-order valence-corrected chi connectivity index (χ3v) is 10.2. The summed E-state index contributed by atoms with van der Waals surface area (Å²) < 4.78 is 28.0. The van der Waals surface area contributed by atoms with Gasteiger partial charge in [-0.1, -0.05) is 6.92 Å². The molecule has 0 saturated heterocycles. The first-order valence-electron chi connectivity index (χ1n) is 15.8. The number of cyclic esters (lactones) is 1. The van der Waals surface area contributed by atoms with E-state index in [2.05, 4.69) is 5.32 Å². The molecule has 2 aliphatic heterocycles. The normalized spacial score (nSPS) is 25.4. The Balaban J connectivity index is 1.32. The van der Waals surface area contributed by atoms with Crippen LogP contribution in [0.15, 0.2) is 16.9 Å². The molecule has 2 aromatic heterocycles. The molecular weight excluding hydrogens is 565 g/mol. The smallest absolute Gasteiger partial charge is 0.343 e. The molecule has 1 saturated carbocycles. The number of rotatable bonds is 5. The fourth-order valence-corrected chi connectivity index (χ4v) is 7.83. The Labute approximate surface area is 254 Å². The maximum absolute atomic E-state index is 15.2. The highest BCUT2D eigenvalue weighted by molar-refractivity contribution is 5.94. The van der Waals surface area contributed by atoms with Crippen LogP contribution >= 0.6 is 0 Å². The molecule has 0 bridgehead atoms. The molecule has 2 aliphatic carbocycles. The fraction of sp³-hybridized carbons (Fsp3) is 0.529. The molecule has 232 valence electrons. The van der Waals surface area contributed by atoms with Crippen LogP contribution in [0.5, 0.6) is 0 Å². The van der Waals surface area contributed by atoms with Gasteiger partial charge >= 0.3 is 5.97 Å². The number of halogens is 1. The average Bonchev–Trinajstić information content (AvgIpc) is 3.37. The van der Waals surface area contributed by atoms with Gasteiger partial charge in [0.2, 0.25) is 5.91 Å². The number of ether oxygens (including phenoxy) is 2. The summed E-state index contributed by atoms with van der Waals surface area (Å²) in [6.45, 7) is 7.49. The van der Waals surface area contributed by atoms with Crippen LogP contribution < -0.4 is 10.9 Å². The first kappa shape index (κ1) is 29.1. The number of nitrogens with zero attached hydrogens (tertiary/aromatic N) is 2. The number of benzene rings is 1. The summed E-state index contributed by atoms with van der Waals surface area (Å²) >= 11 is 0. The highest BCUT2D eigenvalue weighted by Crippen LogP contribution is 2.46. The van der Waals surface area contributed by atoms with Crippen molar-refractivity contribution in [2.45, 2.75) is 110 Å². The number of pyridine rings is 2. The largest absolute Gasteiger partial charge is 0.458 e. The molecule has 1 amide bonds. The Morgan fingerprint density at radius 2 is 1.93 bits per heavy atom. The van der Waals surface area contributed by atoms with E-state index in [4.69, 9.17) is 14.5 Å². The maximum atomic E-state index is 15.2. The Hall–Kier alpha value is -3.63. The lowest BCUT2D eigenvalue weighted by atomic mass is 9.81. The quantitative estimate of drug-likeness (QED) is 0.320. The minimum absolute atomic E-state index is 0.00538. The molecule has 1 fully saturated rings. The summed E-state index contributed by atoms with van der Waals surface area (Å²) in [5.74, 6) is -1.24. The summed E-state index contributed by atoms with van der Waals surface area (Å²) in [5, 5.41) is 15.4. The molecule has 9 nitrogen and oxygen atoms in total. The Bertz CT molecular complexity index is 1790. The van der Waals surface area contributed by atoms with Crippen molar-refractivity contribution in [3.63, 3.8) is 0 Å². The molecule has 0 radical (unpaired) electrons. The highest BCUT2D eigenvalue weighted by Gasteiger charge is 2.46. The lowest BCUT2D eigenvalue weighted by Crippen LogP contribution is -2.44. The van der Waals surface area contributed by atoms with Crippen molar-refractivity contribution in [2.24, 2.45) is 5.92 Å². The first-order chi connectivity index (χ1) is 21.0. The van der Waals surface area contributed by atoms with Crippen LogP contribution in [0.1, 0.15) is 98.7 Å². The van der Waals surface area contributed by atoms with Gasteiger partial charge < -0.3 is 24.5 Å². The van der Waals surface area contributed by atoms with Crippen LogP contribution in [0, 0.1) is 18.7 Å². The van der Waals surface area contributed by atoms with E-state index in [1.54, 1.807) is 24.5 Å². The van der Waals surface area contributed by atoms with Gasteiger partial charge in [-0.2, -0.15) is 0 Å². The number of aryl methyl sites for hydroxylation is 1. The van der Waals surface area contributed by atoms with Crippen LogP contribution in [0.4, 0.5) is 4.39 Å². The van der Waals surface area contributed by atoms with Gasteiger partial charge in [0.15, 0.2) is 5.60 Å². The molecular formula is C34H38FN3O6. The number of carbonyl (C=O) groups excluding carboxylic acids is 2. The average molecular weight is 604 g/mol. The molecule has 0 spiro atoms. The second kappa shape index (κ2) is 10.5. The van der Waals surface area contributed by atoms with Gasteiger partial charge in [0, 0.05) is 28.5 Å². The van der Waals surface area contributed by atoms with Crippen molar-refractivity contribution in [3.05, 3.63) is 61.7 Å². The van der Waals surface area contributed by atoms with E-state index in [9.17, 15) is 19.5 Å². The molecule has 0 unspecified atom stereocenters. The molecule has 4 heterocycles. The minimum Gasteiger partial charge on any atom is -0.458 e. The SMILES string of the molecule is CC[C@@]1(O)C(=O)OCc2c1cc1n(c2=O)Cc2c-1nc1cc(F)c(C)c3c1c2[C@@H](NC(=O)C1CCC(OC(C)C)CC1)CC3. The molecule has 2 atom stereocenters. The number of aromatic nitrogens is 2. The number of esters is 1.